The largest absolute Gasteiger partial charge is 0.322 e. The van der Waals surface area contributed by atoms with Crippen molar-refractivity contribution in [3.8, 4) is 10.6 Å². The van der Waals surface area contributed by atoms with E-state index in [2.05, 4.69) is 15.3 Å². The topological polar surface area (TPSA) is 58.1 Å². The molecule has 0 fully saturated rings. The molecule has 1 N–H and O–H groups in total. The Morgan fingerprint density at radius 1 is 1.26 bits per heavy atom. The molecule has 0 aliphatic carbocycles. The van der Waals surface area contributed by atoms with Gasteiger partial charge in [0.2, 0.25) is 0 Å². The van der Waals surface area contributed by atoms with Crippen LogP contribution in [0.4, 0.5) is 10.5 Å². The first kappa shape index (κ1) is 15.6. The number of thiazole rings is 2. The van der Waals surface area contributed by atoms with Crippen LogP contribution in [0, 0.1) is 6.92 Å². The molecule has 2 aromatic heterocycles. The Balaban J connectivity index is 1.61. The van der Waals surface area contributed by atoms with Crippen molar-refractivity contribution in [2.75, 3.05) is 12.4 Å². The third kappa shape index (κ3) is 3.94. The predicted octanol–water partition coefficient (Wildman–Crippen LogP) is 4.24. The molecule has 118 valence electrons. The van der Waals surface area contributed by atoms with Crippen molar-refractivity contribution in [2.45, 2.75) is 13.5 Å². The molecule has 3 aromatic rings. The number of nitrogens with zero attached hydrogens (tertiary/aromatic N) is 3. The molecule has 2 heterocycles. The van der Waals surface area contributed by atoms with Crippen LogP contribution < -0.4 is 5.32 Å². The summed E-state index contributed by atoms with van der Waals surface area (Å²) < 4.78 is 0. The Morgan fingerprint density at radius 2 is 2.04 bits per heavy atom. The van der Waals surface area contributed by atoms with Gasteiger partial charge in [-0.15, -0.1) is 22.7 Å². The number of urea groups is 1. The molecule has 0 saturated heterocycles. The summed E-state index contributed by atoms with van der Waals surface area (Å²) in [5.74, 6) is 0. The number of hydrogen-bond acceptors (Lipinski definition) is 5. The summed E-state index contributed by atoms with van der Waals surface area (Å²) in [6.07, 6.45) is 1.78. The Bertz CT molecular complexity index is 781. The van der Waals surface area contributed by atoms with E-state index in [1.165, 1.54) is 0 Å². The molecule has 0 spiro atoms. The molecule has 2 amide bonds. The van der Waals surface area contributed by atoms with Crippen molar-refractivity contribution < 1.29 is 4.79 Å². The van der Waals surface area contributed by atoms with Gasteiger partial charge in [-0.25, -0.2) is 14.8 Å². The minimum absolute atomic E-state index is 0.155. The maximum Gasteiger partial charge on any atom is 0.321 e. The van der Waals surface area contributed by atoms with Crippen LogP contribution in [0.1, 0.15) is 10.7 Å². The maximum atomic E-state index is 12.2. The number of aryl methyl sites for hydroxylation is 1. The van der Waals surface area contributed by atoms with E-state index in [-0.39, 0.29) is 6.03 Å². The fourth-order valence-corrected chi connectivity index (χ4v) is 3.33. The highest BCUT2D eigenvalue weighted by Crippen LogP contribution is 2.23. The molecule has 0 unspecified atom stereocenters. The van der Waals surface area contributed by atoms with Gasteiger partial charge in [-0.1, -0.05) is 0 Å². The zero-order valence-electron chi connectivity index (χ0n) is 12.8. The maximum absolute atomic E-state index is 12.2. The Kier molecular flexibility index (Phi) is 4.68. The van der Waals surface area contributed by atoms with Gasteiger partial charge in [0.15, 0.2) is 0 Å². The van der Waals surface area contributed by atoms with Gasteiger partial charge in [-0.2, -0.15) is 0 Å². The van der Waals surface area contributed by atoms with Crippen molar-refractivity contribution in [3.05, 3.63) is 51.9 Å². The number of carbonyl (C=O) groups is 1. The lowest BCUT2D eigenvalue weighted by Crippen LogP contribution is -2.30. The minimum atomic E-state index is -0.155. The normalized spacial score (nSPS) is 10.5. The van der Waals surface area contributed by atoms with E-state index in [9.17, 15) is 4.79 Å². The molecule has 0 atom stereocenters. The van der Waals surface area contributed by atoms with Gasteiger partial charge in [0.05, 0.1) is 17.2 Å². The van der Waals surface area contributed by atoms with E-state index < -0.39 is 0 Å². The summed E-state index contributed by atoms with van der Waals surface area (Å²) in [5.41, 5.74) is 2.71. The lowest BCUT2D eigenvalue weighted by atomic mass is 10.2. The third-order valence-electron chi connectivity index (χ3n) is 3.23. The average molecular weight is 344 g/mol. The molecule has 0 bridgehead atoms. The van der Waals surface area contributed by atoms with Gasteiger partial charge in [0, 0.05) is 35.3 Å². The van der Waals surface area contributed by atoms with Crippen LogP contribution in [-0.4, -0.2) is 27.9 Å². The Hall–Kier alpha value is -2.25. The van der Waals surface area contributed by atoms with E-state index in [1.54, 1.807) is 40.8 Å². The lowest BCUT2D eigenvalue weighted by molar-refractivity contribution is 0.220. The molecular weight excluding hydrogens is 328 g/mol. The zero-order chi connectivity index (χ0) is 16.2. The average Bonchev–Trinajstić information content (AvgIpc) is 3.20. The SMILES string of the molecule is Cc1nc(CN(C)C(=O)Nc2ccc(-c3nccs3)cc2)cs1. The molecule has 5 nitrogen and oxygen atoms in total. The first-order chi connectivity index (χ1) is 11.1. The fourth-order valence-electron chi connectivity index (χ4n) is 2.08. The van der Waals surface area contributed by atoms with Gasteiger partial charge >= 0.3 is 6.03 Å². The molecule has 0 radical (unpaired) electrons. The van der Waals surface area contributed by atoms with E-state index in [0.29, 0.717) is 6.54 Å². The lowest BCUT2D eigenvalue weighted by Gasteiger charge is -2.17. The Labute approximate surface area is 142 Å². The monoisotopic (exact) mass is 344 g/mol. The van der Waals surface area contributed by atoms with Crippen LogP contribution >= 0.6 is 22.7 Å². The van der Waals surface area contributed by atoms with E-state index in [1.807, 2.05) is 41.9 Å². The van der Waals surface area contributed by atoms with Crippen LogP contribution in [0.2, 0.25) is 0 Å². The first-order valence-electron chi connectivity index (χ1n) is 7.05. The molecular formula is C16H16N4OS2. The molecule has 0 aliphatic heterocycles. The highest BCUT2D eigenvalue weighted by Gasteiger charge is 2.11. The number of anilines is 1. The van der Waals surface area contributed by atoms with E-state index in [0.717, 1.165) is 27.0 Å². The number of benzene rings is 1. The van der Waals surface area contributed by atoms with E-state index >= 15 is 0 Å². The number of rotatable bonds is 4. The molecule has 3 rings (SSSR count). The predicted molar refractivity (Wildman–Crippen MR) is 94.9 cm³/mol. The molecule has 0 saturated carbocycles. The van der Waals surface area contributed by atoms with Gasteiger partial charge in [0.25, 0.3) is 0 Å². The van der Waals surface area contributed by atoms with Crippen LogP contribution in [-0.2, 0) is 6.54 Å². The highest BCUT2D eigenvalue weighted by molar-refractivity contribution is 7.13. The third-order valence-corrected chi connectivity index (χ3v) is 4.87. The summed E-state index contributed by atoms with van der Waals surface area (Å²) in [4.78, 5) is 22.5. The quantitative estimate of drug-likeness (QED) is 0.770. The number of amides is 2. The number of nitrogens with one attached hydrogen (secondary N) is 1. The second-order valence-electron chi connectivity index (χ2n) is 5.06. The van der Waals surface area contributed by atoms with Crippen molar-refractivity contribution in [1.82, 2.24) is 14.9 Å². The van der Waals surface area contributed by atoms with Gasteiger partial charge < -0.3 is 10.2 Å². The summed E-state index contributed by atoms with van der Waals surface area (Å²) in [6.45, 7) is 2.45. The number of hydrogen-bond donors (Lipinski definition) is 1. The number of carbonyl (C=O) groups excluding carboxylic acids is 1. The van der Waals surface area contributed by atoms with Gasteiger partial charge in [-0.3, -0.25) is 0 Å². The molecule has 23 heavy (non-hydrogen) atoms. The first-order valence-corrected chi connectivity index (χ1v) is 8.81. The zero-order valence-corrected chi connectivity index (χ0v) is 14.4. The fraction of sp³-hybridized carbons (Fsp3) is 0.188. The van der Waals surface area contributed by atoms with Crippen molar-refractivity contribution in [2.24, 2.45) is 0 Å². The van der Waals surface area contributed by atoms with Gasteiger partial charge in [0.1, 0.15) is 5.01 Å². The second-order valence-corrected chi connectivity index (χ2v) is 7.02. The van der Waals surface area contributed by atoms with Crippen LogP contribution in [0.5, 0.6) is 0 Å². The summed E-state index contributed by atoms with van der Waals surface area (Å²) >= 11 is 3.18. The van der Waals surface area contributed by atoms with Crippen LogP contribution in [0.15, 0.2) is 41.2 Å². The second kappa shape index (κ2) is 6.89. The summed E-state index contributed by atoms with van der Waals surface area (Å²) in [5, 5.41) is 8.78. The molecule has 1 aromatic carbocycles. The standard InChI is InChI=1S/C16H16N4OS2/c1-11-18-14(10-23-11)9-20(2)16(21)19-13-5-3-12(4-6-13)15-17-7-8-22-15/h3-8,10H,9H2,1-2H3,(H,19,21). The van der Waals surface area contributed by atoms with Crippen molar-refractivity contribution in [3.63, 3.8) is 0 Å². The van der Waals surface area contributed by atoms with Crippen LogP contribution in [0.25, 0.3) is 10.6 Å². The Morgan fingerprint density at radius 3 is 2.65 bits per heavy atom. The molecule has 0 aliphatic rings. The van der Waals surface area contributed by atoms with Gasteiger partial charge in [-0.05, 0) is 31.2 Å². The smallest absolute Gasteiger partial charge is 0.321 e. The minimum Gasteiger partial charge on any atom is -0.322 e. The van der Waals surface area contributed by atoms with Crippen molar-refractivity contribution in [1.29, 1.82) is 0 Å². The molecule has 7 heteroatoms. The van der Waals surface area contributed by atoms with Crippen LogP contribution in [0.3, 0.4) is 0 Å². The number of aromatic nitrogens is 2. The highest BCUT2D eigenvalue weighted by atomic mass is 32.1. The van der Waals surface area contributed by atoms with E-state index in [4.69, 9.17) is 0 Å². The summed E-state index contributed by atoms with van der Waals surface area (Å²) in [7, 11) is 1.76. The van der Waals surface area contributed by atoms with Crippen molar-refractivity contribution >= 4 is 34.4 Å². The summed E-state index contributed by atoms with van der Waals surface area (Å²) in [6, 6.07) is 7.53.